The third-order valence-corrected chi connectivity index (χ3v) is 14.9. The molecule has 0 rings (SSSR count). The first kappa shape index (κ1) is 70.1. The molecular formula is C66H125NO5. The number of carbonyl (C=O) groups is 2. The van der Waals surface area contributed by atoms with Crippen molar-refractivity contribution in [3.05, 3.63) is 36.5 Å². The fraction of sp³-hybridized carbons (Fsp3) is 0.879. The van der Waals surface area contributed by atoms with E-state index in [0.717, 1.165) is 51.4 Å². The standard InChI is InChI=1S/C66H125NO5/c1-3-5-7-9-11-13-15-16-37-40-44-48-52-56-60-66(71)72-61-57-53-49-45-41-38-35-33-31-29-27-25-23-21-19-17-18-20-22-24-26-28-30-32-34-36-39-43-47-51-55-59-65(70)67-63(62-68)64(69)58-54-50-46-42-14-12-10-8-6-4-2/h9,11,15-16,54,58,63-64,68-69H,3-8,10,12-14,17-53,55-57,59-62H2,1-2H3,(H,67,70)/b11-9-,16-15-,58-54+. The molecular weight excluding hydrogens is 887 g/mol. The Kier molecular flexibility index (Phi) is 60.0. The minimum Gasteiger partial charge on any atom is -0.466 e. The Morgan fingerprint density at radius 2 is 0.708 bits per heavy atom. The molecule has 0 aliphatic carbocycles. The van der Waals surface area contributed by atoms with Gasteiger partial charge in [0.05, 0.1) is 25.4 Å². The van der Waals surface area contributed by atoms with Gasteiger partial charge in [-0.15, -0.1) is 0 Å². The highest BCUT2D eigenvalue weighted by Crippen LogP contribution is 2.18. The summed E-state index contributed by atoms with van der Waals surface area (Å²) in [7, 11) is 0. The van der Waals surface area contributed by atoms with Crippen molar-refractivity contribution in [3.63, 3.8) is 0 Å². The minimum absolute atomic E-state index is 0.00558. The van der Waals surface area contributed by atoms with Gasteiger partial charge in [-0.25, -0.2) is 0 Å². The number of hydrogen-bond acceptors (Lipinski definition) is 5. The molecule has 0 aromatic carbocycles. The SMILES string of the molecule is CCCC/C=C\C/C=C\CCCCCCCC(=O)OCCCCCCCCCCCCCCCCCCCCCCCCCCCCCCCCCC(=O)NC(CO)C(O)/C=C/CCCCCCCCCC. The summed E-state index contributed by atoms with van der Waals surface area (Å²) in [6, 6.07) is -0.623. The molecule has 2 unspecified atom stereocenters. The summed E-state index contributed by atoms with van der Waals surface area (Å²) in [6.45, 7) is 4.85. The van der Waals surface area contributed by atoms with E-state index in [1.165, 1.54) is 270 Å². The van der Waals surface area contributed by atoms with Crippen LogP contribution in [0.2, 0.25) is 0 Å². The van der Waals surface area contributed by atoms with Gasteiger partial charge in [0, 0.05) is 12.8 Å². The second-order valence-electron chi connectivity index (χ2n) is 22.1. The molecule has 72 heavy (non-hydrogen) atoms. The number of esters is 1. The Labute approximate surface area is 449 Å². The van der Waals surface area contributed by atoms with Gasteiger partial charge in [0.1, 0.15) is 0 Å². The van der Waals surface area contributed by atoms with E-state index in [0.29, 0.717) is 19.4 Å². The molecule has 3 N–H and O–H groups in total. The first-order chi connectivity index (χ1) is 35.5. The highest BCUT2D eigenvalue weighted by molar-refractivity contribution is 5.76. The molecule has 0 radical (unpaired) electrons. The van der Waals surface area contributed by atoms with Crippen LogP contribution in [0.25, 0.3) is 0 Å². The van der Waals surface area contributed by atoms with Crippen LogP contribution >= 0.6 is 0 Å². The van der Waals surface area contributed by atoms with Gasteiger partial charge in [0.25, 0.3) is 0 Å². The van der Waals surface area contributed by atoms with E-state index in [1.54, 1.807) is 6.08 Å². The van der Waals surface area contributed by atoms with Crippen molar-refractivity contribution in [1.82, 2.24) is 5.32 Å². The van der Waals surface area contributed by atoms with Crippen LogP contribution in [0.3, 0.4) is 0 Å². The molecule has 6 nitrogen and oxygen atoms in total. The number of aliphatic hydroxyl groups is 2. The van der Waals surface area contributed by atoms with Gasteiger partial charge in [-0.3, -0.25) is 9.59 Å². The highest BCUT2D eigenvalue weighted by atomic mass is 16.5. The smallest absolute Gasteiger partial charge is 0.305 e. The average molecular weight is 1010 g/mol. The zero-order valence-electron chi connectivity index (χ0n) is 48.4. The molecule has 0 aliphatic heterocycles. The fourth-order valence-corrected chi connectivity index (χ4v) is 9.95. The van der Waals surface area contributed by atoms with Crippen LogP contribution in [0, 0.1) is 0 Å². The molecule has 0 fully saturated rings. The molecule has 0 heterocycles. The molecule has 424 valence electrons. The van der Waals surface area contributed by atoms with Crippen molar-refractivity contribution < 1.29 is 24.5 Å². The van der Waals surface area contributed by atoms with Crippen LogP contribution < -0.4 is 5.32 Å². The molecule has 0 aliphatic rings. The second-order valence-corrected chi connectivity index (χ2v) is 22.1. The van der Waals surface area contributed by atoms with Crippen molar-refractivity contribution in [2.75, 3.05) is 13.2 Å². The van der Waals surface area contributed by atoms with Gasteiger partial charge in [-0.1, -0.05) is 314 Å². The topological polar surface area (TPSA) is 95.9 Å². The predicted molar refractivity (Wildman–Crippen MR) is 315 cm³/mol. The van der Waals surface area contributed by atoms with E-state index in [2.05, 4.69) is 43.5 Å². The van der Waals surface area contributed by atoms with E-state index in [9.17, 15) is 19.8 Å². The van der Waals surface area contributed by atoms with Crippen LogP contribution in [0.15, 0.2) is 36.5 Å². The zero-order chi connectivity index (χ0) is 52.2. The Balaban J connectivity index is 3.32. The van der Waals surface area contributed by atoms with Crippen LogP contribution in [-0.2, 0) is 14.3 Å². The normalized spacial score (nSPS) is 12.8. The van der Waals surface area contributed by atoms with Gasteiger partial charge in [-0.05, 0) is 57.8 Å². The predicted octanol–water partition coefficient (Wildman–Crippen LogP) is 20.4. The van der Waals surface area contributed by atoms with Crippen molar-refractivity contribution in [2.45, 2.75) is 360 Å². The summed E-state index contributed by atoms with van der Waals surface area (Å²) in [6.07, 6.45) is 77.9. The fourth-order valence-electron chi connectivity index (χ4n) is 9.95. The molecule has 0 saturated carbocycles. The second kappa shape index (κ2) is 61.6. The third-order valence-electron chi connectivity index (χ3n) is 14.9. The van der Waals surface area contributed by atoms with Crippen LogP contribution in [0.4, 0.5) is 0 Å². The van der Waals surface area contributed by atoms with Gasteiger partial charge < -0.3 is 20.3 Å². The number of allylic oxidation sites excluding steroid dienone is 5. The summed E-state index contributed by atoms with van der Waals surface area (Å²) in [5.74, 6) is -0.0593. The Morgan fingerprint density at radius 1 is 0.389 bits per heavy atom. The van der Waals surface area contributed by atoms with Crippen LogP contribution in [0.5, 0.6) is 0 Å². The lowest BCUT2D eigenvalue weighted by molar-refractivity contribution is -0.143. The molecule has 0 bridgehead atoms. The van der Waals surface area contributed by atoms with Gasteiger partial charge >= 0.3 is 5.97 Å². The molecule has 0 spiro atoms. The molecule has 0 aromatic heterocycles. The maximum absolute atomic E-state index is 12.4. The van der Waals surface area contributed by atoms with Crippen molar-refractivity contribution in [2.24, 2.45) is 0 Å². The van der Waals surface area contributed by atoms with Crippen molar-refractivity contribution >= 4 is 11.9 Å². The number of unbranched alkanes of at least 4 members (excludes halogenated alkanes) is 45. The molecule has 0 aromatic rings. The largest absolute Gasteiger partial charge is 0.466 e. The molecule has 6 heteroatoms. The maximum Gasteiger partial charge on any atom is 0.305 e. The van der Waals surface area contributed by atoms with E-state index in [-0.39, 0.29) is 18.5 Å². The highest BCUT2D eigenvalue weighted by Gasteiger charge is 2.18. The lowest BCUT2D eigenvalue weighted by Gasteiger charge is -2.20. The lowest BCUT2D eigenvalue weighted by atomic mass is 10.0. The zero-order valence-corrected chi connectivity index (χ0v) is 48.4. The number of aliphatic hydroxyl groups excluding tert-OH is 2. The van der Waals surface area contributed by atoms with Gasteiger partial charge in [0.15, 0.2) is 0 Å². The molecule has 2 atom stereocenters. The van der Waals surface area contributed by atoms with Gasteiger partial charge in [0.2, 0.25) is 5.91 Å². The molecule has 1 amide bonds. The first-order valence-electron chi connectivity index (χ1n) is 32.3. The van der Waals surface area contributed by atoms with Gasteiger partial charge in [-0.2, -0.15) is 0 Å². The summed E-state index contributed by atoms with van der Waals surface area (Å²) in [5, 5.41) is 23.0. The number of nitrogens with one attached hydrogen (secondary N) is 1. The Morgan fingerprint density at radius 3 is 1.10 bits per heavy atom. The average Bonchev–Trinajstić information content (AvgIpc) is 3.38. The van der Waals surface area contributed by atoms with Crippen molar-refractivity contribution in [3.8, 4) is 0 Å². The number of carbonyl (C=O) groups excluding carboxylic acids is 2. The maximum atomic E-state index is 12.4. The third kappa shape index (κ3) is 57.4. The van der Waals surface area contributed by atoms with E-state index in [4.69, 9.17) is 4.74 Å². The Bertz CT molecular complexity index is 1170. The summed E-state index contributed by atoms with van der Waals surface area (Å²) in [4.78, 5) is 24.5. The van der Waals surface area contributed by atoms with E-state index < -0.39 is 12.1 Å². The summed E-state index contributed by atoms with van der Waals surface area (Å²) in [5.41, 5.74) is 0. The summed E-state index contributed by atoms with van der Waals surface area (Å²) < 4.78 is 5.48. The quantitative estimate of drug-likeness (QED) is 0.0320. The number of ether oxygens (including phenoxy) is 1. The van der Waals surface area contributed by atoms with Crippen LogP contribution in [0.1, 0.15) is 348 Å². The minimum atomic E-state index is -0.839. The van der Waals surface area contributed by atoms with Crippen LogP contribution in [-0.4, -0.2) is 47.4 Å². The summed E-state index contributed by atoms with van der Waals surface area (Å²) >= 11 is 0. The van der Waals surface area contributed by atoms with E-state index in [1.807, 2.05) is 6.08 Å². The number of hydrogen-bond donors (Lipinski definition) is 3. The number of rotatable bonds is 60. The lowest BCUT2D eigenvalue weighted by Crippen LogP contribution is -2.45. The monoisotopic (exact) mass is 1010 g/mol. The molecule has 0 saturated heterocycles. The first-order valence-corrected chi connectivity index (χ1v) is 32.3. The van der Waals surface area contributed by atoms with E-state index >= 15 is 0 Å². The number of amides is 1. The Hall–Kier alpha value is -1.92. The van der Waals surface area contributed by atoms with Crippen molar-refractivity contribution in [1.29, 1.82) is 0 Å².